The van der Waals surface area contributed by atoms with Gasteiger partial charge in [0.15, 0.2) is 5.76 Å². The van der Waals surface area contributed by atoms with Gasteiger partial charge in [-0.15, -0.1) is 0 Å². The summed E-state index contributed by atoms with van der Waals surface area (Å²) in [6.45, 7) is 0.231. The summed E-state index contributed by atoms with van der Waals surface area (Å²) in [6.07, 6.45) is 1.56. The lowest BCUT2D eigenvalue weighted by Crippen LogP contribution is -2.30. The van der Waals surface area contributed by atoms with E-state index in [2.05, 4.69) is 15.6 Å². The van der Waals surface area contributed by atoms with Crippen molar-refractivity contribution < 1.29 is 18.8 Å². The molecule has 1 aromatic rings. The Hall–Kier alpha value is -1.82. The molecular weight excluding hydrogens is 200 g/mol. The van der Waals surface area contributed by atoms with Gasteiger partial charge < -0.3 is 9.73 Å². The molecule has 2 N–H and O–H groups in total. The Balaban J connectivity index is 2.21. The third kappa shape index (κ3) is 3.82. The van der Waals surface area contributed by atoms with Crippen LogP contribution in [0.2, 0.25) is 0 Å². The number of carbonyl (C=O) groups is 2. The van der Waals surface area contributed by atoms with Gasteiger partial charge in [-0.05, 0) is 12.1 Å². The van der Waals surface area contributed by atoms with E-state index < -0.39 is 0 Å². The van der Waals surface area contributed by atoms with Crippen molar-refractivity contribution in [3.8, 4) is 0 Å². The zero-order chi connectivity index (χ0) is 11.1. The molecule has 1 rings (SSSR count). The minimum atomic E-state index is -0.342. The number of furan rings is 1. The lowest BCUT2D eigenvalue weighted by atomic mass is 10.4. The number of amides is 2. The minimum absolute atomic E-state index is 0.153. The van der Waals surface area contributed by atoms with Gasteiger partial charge in [-0.25, -0.2) is 5.48 Å². The lowest BCUT2D eigenvalue weighted by Gasteiger charge is -2.03. The van der Waals surface area contributed by atoms with Crippen LogP contribution in [0.25, 0.3) is 0 Å². The second kappa shape index (κ2) is 5.82. The highest BCUT2D eigenvalue weighted by molar-refractivity contribution is 5.91. The zero-order valence-corrected chi connectivity index (χ0v) is 8.28. The Kier molecular flexibility index (Phi) is 4.36. The van der Waals surface area contributed by atoms with Crippen LogP contribution in [0.15, 0.2) is 22.8 Å². The number of hydroxylamine groups is 1. The molecule has 0 saturated carbocycles. The average Bonchev–Trinajstić information content (AvgIpc) is 2.70. The SMILES string of the molecule is CONC(=O)CCNC(=O)c1ccco1. The summed E-state index contributed by atoms with van der Waals surface area (Å²) in [4.78, 5) is 26.6. The first kappa shape index (κ1) is 11.3. The van der Waals surface area contributed by atoms with Crippen molar-refractivity contribution in [1.82, 2.24) is 10.8 Å². The Bertz CT molecular complexity index is 321. The van der Waals surface area contributed by atoms with Crippen molar-refractivity contribution in [1.29, 1.82) is 0 Å². The van der Waals surface area contributed by atoms with Gasteiger partial charge in [0.05, 0.1) is 13.4 Å². The molecule has 0 atom stereocenters. The Morgan fingerprint density at radius 1 is 1.53 bits per heavy atom. The Morgan fingerprint density at radius 3 is 2.93 bits per heavy atom. The first-order chi connectivity index (χ1) is 7.24. The summed E-state index contributed by atoms with van der Waals surface area (Å²) in [5.41, 5.74) is 2.14. The van der Waals surface area contributed by atoms with E-state index in [1.54, 1.807) is 12.1 Å². The number of rotatable bonds is 5. The van der Waals surface area contributed by atoms with Crippen molar-refractivity contribution in [3.05, 3.63) is 24.2 Å². The summed E-state index contributed by atoms with van der Waals surface area (Å²) >= 11 is 0. The van der Waals surface area contributed by atoms with E-state index in [1.807, 2.05) is 0 Å². The molecule has 82 valence electrons. The highest BCUT2D eigenvalue weighted by Crippen LogP contribution is 1.98. The molecule has 0 unspecified atom stereocenters. The molecule has 0 spiro atoms. The summed E-state index contributed by atoms with van der Waals surface area (Å²) in [5.74, 6) is -0.412. The highest BCUT2D eigenvalue weighted by atomic mass is 16.6. The van der Waals surface area contributed by atoms with Gasteiger partial charge in [-0.1, -0.05) is 0 Å². The molecule has 2 amide bonds. The van der Waals surface area contributed by atoms with Crippen LogP contribution in [-0.2, 0) is 9.63 Å². The third-order valence-electron chi connectivity index (χ3n) is 1.60. The molecule has 6 nitrogen and oxygen atoms in total. The van der Waals surface area contributed by atoms with Crippen LogP contribution >= 0.6 is 0 Å². The number of nitrogens with one attached hydrogen (secondary N) is 2. The molecule has 15 heavy (non-hydrogen) atoms. The first-order valence-corrected chi connectivity index (χ1v) is 4.37. The molecule has 0 aliphatic heterocycles. The summed E-state index contributed by atoms with van der Waals surface area (Å²) < 4.78 is 4.86. The van der Waals surface area contributed by atoms with E-state index in [-0.39, 0.29) is 30.5 Å². The second-order valence-corrected chi connectivity index (χ2v) is 2.71. The fourth-order valence-corrected chi connectivity index (χ4v) is 0.949. The van der Waals surface area contributed by atoms with Crippen molar-refractivity contribution in [2.75, 3.05) is 13.7 Å². The quantitative estimate of drug-likeness (QED) is 0.677. The van der Waals surface area contributed by atoms with Crippen molar-refractivity contribution >= 4 is 11.8 Å². The molecule has 0 aliphatic rings. The molecule has 1 aromatic heterocycles. The number of hydrogen-bond donors (Lipinski definition) is 2. The molecule has 0 fully saturated rings. The standard InChI is InChI=1S/C9H12N2O4/c1-14-11-8(12)4-5-10-9(13)7-3-2-6-15-7/h2-3,6H,4-5H2,1H3,(H,10,13)(H,11,12). The second-order valence-electron chi connectivity index (χ2n) is 2.71. The average molecular weight is 212 g/mol. The molecule has 0 aliphatic carbocycles. The van der Waals surface area contributed by atoms with E-state index in [4.69, 9.17) is 4.42 Å². The van der Waals surface area contributed by atoms with Gasteiger partial charge in [-0.3, -0.25) is 14.4 Å². The van der Waals surface area contributed by atoms with Gasteiger partial charge in [0, 0.05) is 13.0 Å². The highest BCUT2D eigenvalue weighted by Gasteiger charge is 2.08. The molecule has 6 heteroatoms. The van der Waals surface area contributed by atoms with E-state index in [1.165, 1.54) is 13.4 Å². The zero-order valence-electron chi connectivity index (χ0n) is 8.28. The maximum absolute atomic E-state index is 11.3. The smallest absolute Gasteiger partial charge is 0.286 e. The van der Waals surface area contributed by atoms with Gasteiger partial charge in [0.2, 0.25) is 5.91 Å². The molecule has 0 aromatic carbocycles. The van der Waals surface area contributed by atoms with Gasteiger partial charge in [-0.2, -0.15) is 0 Å². The van der Waals surface area contributed by atoms with Crippen LogP contribution in [0.5, 0.6) is 0 Å². The number of carbonyl (C=O) groups excluding carboxylic acids is 2. The molecule has 1 heterocycles. The monoisotopic (exact) mass is 212 g/mol. The van der Waals surface area contributed by atoms with Crippen LogP contribution in [0.1, 0.15) is 17.0 Å². The van der Waals surface area contributed by atoms with Crippen molar-refractivity contribution in [2.24, 2.45) is 0 Å². The topological polar surface area (TPSA) is 80.6 Å². The van der Waals surface area contributed by atoms with Crippen LogP contribution < -0.4 is 10.8 Å². The summed E-state index contributed by atoms with van der Waals surface area (Å²) in [5, 5.41) is 2.53. The van der Waals surface area contributed by atoms with E-state index in [0.717, 1.165) is 0 Å². The molecule has 0 bridgehead atoms. The van der Waals surface area contributed by atoms with Gasteiger partial charge in [0.1, 0.15) is 0 Å². The maximum atomic E-state index is 11.3. The van der Waals surface area contributed by atoms with E-state index in [0.29, 0.717) is 0 Å². The third-order valence-corrected chi connectivity index (χ3v) is 1.60. The maximum Gasteiger partial charge on any atom is 0.286 e. The summed E-state index contributed by atoms with van der Waals surface area (Å²) in [7, 11) is 1.35. The number of hydrogen-bond acceptors (Lipinski definition) is 4. The lowest BCUT2D eigenvalue weighted by molar-refractivity contribution is -0.131. The van der Waals surface area contributed by atoms with Crippen LogP contribution in [-0.4, -0.2) is 25.5 Å². The van der Waals surface area contributed by atoms with Crippen molar-refractivity contribution in [2.45, 2.75) is 6.42 Å². The van der Waals surface area contributed by atoms with Crippen LogP contribution in [0, 0.1) is 0 Å². The van der Waals surface area contributed by atoms with Crippen molar-refractivity contribution in [3.63, 3.8) is 0 Å². The fourth-order valence-electron chi connectivity index (χ4n) is 0.949. The fraction of sp³-hybridized carbons (Fsp3) is 0.333. The summed E-state index contributed by atoms with van der Waals surface area (Å²) in [6, 6.07) is 3.16. The van der Waals surface area contributed by atoms with Gasteiger partial charge in [0.25, 0.3) is 5.91 Å². The minimum Gasteiger partial charge on any atom is -0.459 e. The largest absolute Gasteiger partial charge is 0.459 e. The Labute approximate surface area is 86.5 Å². The molecule has 0 radical (unpaired) electrons. The van der Waals surface area contributed by atoms with E-state index in [9.17, 15) is 9.59 Å². The predicted molar refractivity (Wildman–Crippen MR) is 50.8 cm³/mol. The van der Waals surface area contributed by atoms with Gasteiger partial charge >= 0.3 is 0 Å². The first-order valence-electron chi connectivity index (χ1n) is 4.37. The predicted octanol–water partition coefficient (Wildman–Crippen LogP) is 0.0771. The van der Waals surface area contributed by atoms with Crippen LogP contribution in [0.4, 0.5) is 0 Å². The van der Waals surface area contributed by atoms with Crippen LogP contribution in [0.3, 0.4) is 0 Å². The normalized spacial score (nSPS) is 9.67. The van der Waals surface area contributed by atoms with E-state index >= 15 is 0 Å². The molecular formula is C9H12N2O4. The Morgan fingerprint density at radius 2 is 2.33 bits per heavy atom. The molecule has 0 saturated heterocycles.